The second-order valence-electron chi connectivity index (χ2n) is 10.2. The second kappa shape index (κ2) is 14.5. The Morgan fingerprint density at radius 2 is 1.63 bits per heavy atom. The molecule has 3 aromatic rings. The molecule has 0 heterocycles. The van der Waals surface area contributed by atoms with Crippen LogP contribution in [0.4, 0.5) is 0 Å². The fourth-order valence-corrected chi connectivity index (χ4v) is 6.27. The zero-order valence-corrected chi connectivity index (χ0v) is 24.5. The molecule has 4 rings (SSSR count). The molecule has 0 bridgehead atoms. The minimum absolute atomic E-state index is 0.0122. The van der Waals surface area contributed by atoms with Gasteiger partial charge in [0.25, 0.3) is 0 Å². The Balaban J connectivity index is 1.56. The molecule has 0 radical (unpaired) electrons. The van der Waals surface area contributed by atoms with Crippen LogP contribution in [0.3, 0.4) is 0 Å². The quantitative estimate of drug-likeness (QED) is 0.259. The monoisotopic (exact) mass is 592 g/mol. The highest BCUT2D eigenvalue weighted by Crippen LogP contribution is 2.22. The zero-order valence-electron chi connectivity index (χ0n) is 22.1. The van der Waals surface area contributed by atoms with E-state index in [0.717, 1.165) is 47.0 Å². The van der Waals surface area contributed by atoms with Crippen LogP contribution in [0.15, 0.2) is 83.3 Å². The first-order chi connectivity index (χ1) is 18.5. The van der Waals surface area contributed by atoms with Crippen LogP contribution < -0.4 is 5.32 Å². The Morgan fingerprint density at radius 1 is 0.921 bits per heavy atom. The predicted octanol–water partition coefficient (Wildman–Crippen LogP) is 7.08. The molecule has 1 fully saturated rings. The molecule has 6 heteroatoms. The van der Waals surface area contributed by atoms with Crippen LogP contribution in [-0.4, -0.2) is 34.6 Å². The van der Waals surface area contributed by atoms with Gasteiger partial charge in [0, 0.05) is 29.2 Å². The summed E-state index contributed by atoms with van der Waals surface area (Å²) in [5.41, 5.74) is 4.47. The average Bonchev–Trinajstić information content (AvgIpc) is 2.93. The number of nitrogens with one attached hydrogen (secondary N) is 1. The first-order valence-corrected chi connectivity index (χ1v) is 15.4. The minimum atomic E-state index is -0.578. The summed E-state index contributed by atoms with van der Waals surface area (Å²) in [5.74, 6) is 1.02. The van der Waals surface area contributed by atoms with Gasteiger partial charge in [0.2, 0.25) is 11.8 Å². The molecule has 200 valence electrons. The Labute approximate surface area is 239 Å². The van der Waals surface area contributed by atoms with Crippen molar-refractivity contribution in [3.8, 4) is 0 Å². The molecule has 0 unspecified atom stereocenters. The van der Waals surface area contributed by atoms with Gasteiger partial charge < -0.3 is 10.2 Å². The molecule has 1 aliphatic carbocycles. The highest BCUT2D eigenvalue weighted by molar-refractivity contribution is 9.10. The lowest BCUT2D eigenvalue weighted by Crippen LogP contribution is -2.53. The number of halogens is 1. The Kier molecular flexibility index (Phi) is 10.9. The molecule has 1 aliphatic rings. The van der Waals surface area contributed by atoms with Crippen molar-refractivity contribution in [3.05, 3.63) is 106 Å². The van der Waals surface area contributed by atoms with Crippen molar-refractivity contribution in [2.24, 2.45) is 0 Å². The van der Waals surface area contributed by atoms with Gasteiger partial charge in [-0.15, -0.1) is 11.8 Å². The van der Waals surface area contributed by atoms with E-state index >= 15 is 0 Å². The van der Waals surface area contributed by atoms with Crippen LogP contribution in [0.2, 0.25) is 0 Å². The van der Waals surface area contributed by atoms with E-state index in [1.54, 1.807) is 16.7 Å². The molecule has 1 N–H and O–H groups in total. The molecule has 0 aliphatic heterocycles. The summed E-state index contributed by atoms with van der Waals surface area (Å²) < 4.78 is 0.961. The van der Waals surface area contributed by atoms with Gasteiger partial charge in [-0.1, -0.05) is 107 Å². The second-order valence-corrected chi connectivity index (χ2v) is 12.1. The van der Waals surface area contributed by atoms with Gasteiger partial charge in [0.1, 0.15) is 6.04 Å². The summed E-state index contributed by atoms with van der Waals surface area (Å²) >= 11 is 5.16. The zero-order chi connectivity index (χ0) is 26.7. The topological polar surface area (TPSA) is 49.4 Å². The maximum atomic E-state index is 13.8. The molecule has 0 aromatic heterocycles. The Hall–Kier alpha value is -2.57. The lowest BCUT2D eigenvalue weighted by Gasteiger charge is -2.33. The summed E-state index contributed by atoms with van der Waals surface area (Å²) in [6.07, 6.45) is 6.02. The van der Waals surface area contributed by atoms with Crippen LogP contribution >= 0.6 is 27.7 Å². The maximum absolute atomic E-state index is 13.8. The first-order valence-electron chi connectivity index (χ1n) is 13.5. The van der Waals surface area contributed by atoms with Crippen molar-refractivity contribution >= 4 is 39.5 Å². The smallest absolute Gasteiger partial charge is 0.243 e. The number of carbonyl (C=O) groups is 2. The molecule has 1 saturated carbocycles. The predicted molar refractivity (Wildman–Crippen MR) is 161 cm³/mol. The molecule has 1 atom stereocenters. The third kappa shape index (κ3) is 8.74. The molecular formula is C32H37BrN2O2S. The third-order valence-corrected chi connectivity index (χ3v) is 8.56. The normalized spacial score (nSPS) is 14.6. The number of hydrogen-bond donors (Lipinski definition) is 1. The summed E-state index contributed by atoms with van der Waals surface area (Å²) in [6.45, 7) is 2.46. The number of benzene rings is 3. The fourth-order valence-electron chi connectivity index (χ4n) is 4.95. The summed E-state index contributed by atoms with van der Waals surface area (Å²) in [5, 5.41) is 3.31. The molecule has 2 amide bonds. The van der Waals surface area contributed by atoms with E-state index in [2.05, 4.69) is 52.4 Å². The molecule has 0 spiro atoms. The molecular weight excluding hydrogens is 556 g/mol. The first kappa shape index (κ1) is 28.4. The van der Waals surface area contributed by atoms with Crippen LogP contribution in [0.25, 0.3) is 0 Å². The van der Waals surface area contributed by atoms with Gasteiger partial charge in [-0.25, -0.2) is 0 Å². The Morgan fingerprint density at radius 3 is 2.34 bits per heavy atom. The number of aryl methyl sites for hydroxylation is 1. The number of rotatable bonds is 11. The number of amides is 2. The van der Waals surface area contributed by atoms with Crippen LogP contribution in [0.5, 0.6) is 0 Å². The summed E-state index contributed by atoms with van der Waals surface area (Å²) in [7, 11) is 0. The van der Waals surface area contributed by atoms with E-state index in [0.29, 0.717) is 18.7 Å². The Bertz CT molecular complexity index is 1180. The largest absolute Gasteiger partial charge is 0.352 e. The van der Waals surface area contributed by atoms with Gasteiger partial charge in [0.05, 0.1) is 5.75 Å². The molecule has 4 nitrogen and oxygen atoms in total. The number of hydrogen-bond acceptors (Lipinski definition) is 3. The lowest BCUT2D eigenvalue weighted by atomic mass is 9.94. The minimum Gasteiger partial charge on any atom is -0.352 e. The van der Waals surface area contributed by atoms with Gasteiger partial charge >= 0.3 is 0 Å². The van der Waals surface area contributed by atoms with Crippen LogP contribution in [0.1, 0.15) is 54.4 Å². The highest BCUT2D eigenvalue weighted by atomic mass is 79.9. The van der Waals surface area contributed by atoms with E-state index in [9.17, 15) is 9.59 Å². The van der Waals surface area contributed by atoms with Crippen molar-refractivity contribution in [2.45, 2.75) is 69.8 Å². The van der Waals surface area contributed by atoms with Crippen molar-refractivity contribution in [2.75, 3.05) is 5.75 Å². The fraction of sp³-hybridized carbons (Fsp3) is 0.375. The number of thioether (sulfide) groups is 1. The van der Waals surface area contributed by atoms with Crippen molar-refractivity contribution in [1.29, 1.82) is 0 Å². The lowest BCUT2D eigenvalue weighted by molar-refractivity contribution is -0.139. The maximum Gasteiger partial charge on any atom is 0.243 e. The average molecular weight is 594 g/mol. The van der Waals surface area contributed by atoms with E-state index in [1.807, 2.05) is 54.6 Å². The summed E-state index contributed by atoms with van der Waals surface area (Å²) in [4.78, 5) is 29.4. The molecule has 0 saturated heterocycles. The summed E-state index contributed by atoms with van der Waals surface area (Å²) in [6, 6.07) is 26.1. The van der Waals surface area contributed by atoms with E-state index in [-0.39, 0.29) is 17.9 Å². The third-order valence-electron chi connectivity index (χ3n) is 7.08. The van der Waals surface area contributed by atoms with Crippen LogP contribution in [-0.2, 0) is 28.3 Å². The van der Waals surface area contributed by atoms with Crippen molar-refractivity contribution < 1.29 is 9.59 Å². The van der Waals surface area contributed by atoms with E-state index in [4.69, 9.17) is 0 Å². The van der Waals surface area contributed by atoms with Crippen LogP contribution in [0, 0.1) is 6.92 Å². The van der Waals surface area contributed by atoms with Gasteiger partial charge in [-0.2, -0.15) is 0 Å². The van der Waals surface area contributed by atoms with Crippen molar-refractivity contribution in [1.82, 2.24) is 10.2 Å². The van der Waals surface area contributed by atoms with Gasteiger partial charge in [-0.05, 0) is 48.6 Å². The molecule has 38 heavy (non-hydrogen) atoms. The van der Waals surface area contributed by atoms with Gasteiger partial charge in [-0.3, -0.25) is 9.59 Å². The highest BCUT2D eigenvalue weighted by Gasteiger charge is 2.31. The van der Waals surface area contributed by atoms with Gasteiger partial charge in [0.15, 0.2) is 0 Å². The number of carbonyl (C=O) groups excluding carboxylic acids is 2. The van der Waals surface area contributed by atoms with Crippen molar-refractivity contribution in [3.63, 3.8) is 0 Å². The molecule has 3 aromatic carbocycles. The number of nitrogens with zero attached hydrogens (tertiary/aromatic N) is 1. The van der Waals surface area contributed by atoms with E-state index in [1.165, 1.54) is 17.5 Å². The van der Waals surface area contributed by atoms with E-state index < -0.39 is 6.04 Å². The standard InChI is InChI=1S/C32H37BrN2O2S/c1-24-15-17-26(18-16-24)22-38-23-31(36)35(21-27-11-8-12-28(33)19-27)30(20-25-9-4-2-5-10-25)32(37)34-29-13-6-3-7-14-29/h2,4-5,8-12,15-19,29-30H,3,6-7,13-14,20-23H2,1H3,(H,34,37)/t30-/m0/s1. The SMILES string of the molecule is Cc1ccc(CSCC(=O)N(Cc2cccc(Br)c2)[C@@H](Cc2ccccc2)C(=O)NC2CCCCC2)cc1.